The minimum atomic E-state index is -1.20. The van der Waals surface area contributed by atoms with Crippen LogP contribution in [0.15, 0.2) is 30.3 Å². The maximum Gasteiger partial charge on any atom is 0.247 e. The Kier molecular flexibility index (Phi) is 18.2. The number of amides is 4. The van der Waals surface area contributed by atoms with Crippen LogP contribution in [0.4, 0.5) is 0 Å². The number of likely N-dealkylation sites (N-methyl/N-ethyl adjacent to an activating group) is 2. The largest absolute Gasteiger partial charge is 0.391 e. The maximum atomic E-state index is 14.1. The van der Waals surface area contributed by atoms with Gasteiger partial charge in [0.2, 0.25) is 23.6 Å². The zero-order valence-electron chi connectivity index (χ0n) is 33.5. The Morgan fingerprint density at radius 3 is 2.04 bits per heavy atom. The fourth-order valence-corrected chi connectivity index (χ4v) is 7.66. The smallest absolute Gasteiger partial charge is 0.247 e. The molecule has 2 rings (SSSR count). The van der Waals surface area contributed by atoms with E-state index in [1.54, 1.807) is 56.9 Å². The highest BCUT2D eigenvalue weighted by Crippen LogP contribution is 2.30. The van der Waals surface area contributed by atoms with Crippen molar-refractivity contribution in [2.75, 3.05) is 41.9 Å². The summed E-state index contributed by atoms with van der Waals surface area (Å²) in [4.78, 5) is 59.9. The number of benzene rings is 1. The van der Waals surface area contributed by atoms with Crippen molar-refractivity contribution in [2.45, 2.75) is 129 Å². The number of hydrogen-bond donors (Lipinski definition) is 4. The van der Waals surface area contributed by atoms with Crippen molar-refractivity contribution < 1.29 is 38.9 Å². The first-order valence-corrected chi connectivity index (χ1v) is 18.7. The first-order valence-electron chi connectivity index (χ1n) is 18.7. The number of ether oxygens (including phenoxy) is 2. The van der Waals surface area contributed by atoms with Crippen molar-refractivity contribution in [3.05, 3.63) is 35.9 Å². The topological polar surface area (TPSA) is 161 Å². The van der Waals surface area contributed by atoms with Crippen LogP contribution < -0.4 is 10.6 Å². The van der Waals surface area contributed by atoms with Crippen LogP contribution in [-0.4, -0.2) is 139 Å². The van der Waals surface area contributed by atoms with E-state index >= 15 is 0 Å². The molecule has 4 amide bonds. The third kappa shape index (κ3) is 11.4. The Hall–Kier alpha value is -3.10. The molecule has 13 nitrogen and oxygen atoms in total. The molecular formula is C39H67N5O8. The highest BCUT2D eigenvalue weighted by molar-refractivity contribution is 5.90. The molecule has 1 aliphatic heterocycles. The van der Waals surface area contributed by atoms with Gasteiger partial charge in [0.25, 0.3) is 0 Å². The number of nitrogens with zero attached hydrogens (tertiary/aromatic N) is 3. The molecule has 4 N–H and O–H groups in total. The number of aliphatic hydroxyl groups excluding tert-OH is 2. The van der Waals surface area contributed by atoms with Gasteiger partial charge in [0.15, 0.2) is 0 Å². The van der Waals surface area contributed by atoms with Crippen molar-refractivity contribution in [1.29, 1.82) is 0 Å². The fourth-order valence-electron chi connectivity index (χ4n) is 7.66. The second-order valence-corrected chi connectivity index (χ2v) is 15.1. The zero-order valence-corrected chi connectivity index (χ0v) is 33.5. The molecule has 0 aliphatic carbocycles. The Morgan fingerprint density at radius 1 is 0.923 bits per heavy atom. The van der Waals surface area contributed by atoms with Crippen molar-refractivity contribution in [3.63, 3.8) is 0 Å². The molecule has 52 heavy (non-hydrogen) atoms. The van der Waals surface area contributed by atoms with E-state index in [1.165, 1.54) is 26.0 Å². The highest BCUT2D eigenvalue weighted by Gasteiger charge is 2.43. The summed E-state index contributed by atoms with van der Waals surface area (Å²) in [5.41, 5.74) is 0.699. The van der Waals surface area contributed by atoms with E-state index in [0.717, 1.165) is 6.42 Å². The molecule has 13 heteroatoms. The van der Waals surface area contributed by atoms with Gasteiger partial charge in [-0.05, 0) is 58.2 Å². The van der Waals surface area contributed by atoms with Crippen molar-refractivity contribution in [3.8, 4) is 0 Å². The molecule has 0 saturated carbocycles. The minimum Gasteiger partial charge on any atom is -0.391 e. The zero-order chi connectivity index (χ0) is 39.4. The van der Waals surface area contributed by atoms with Gasteiger partial charge in [0.1, 0.15) is 6.04 Å². The monoisotopic (exact) mass is 733 g/mol. The van der Waals surface area contributed by atoms with Gasteiger partial charge in [-0.2, -0.15) is 0 Å². The summed E-state index contributed by atoms with van der Waals surface area (Å²) in [7, 11) is 8.26. The van der Waals surface area contributed by atoms with Crippen molar-refractivity contribution in [1.82, 2.24) is 25.3 Å². The Bertz CT molecular complexity index is 1270. The lowest BCUT2D eigenvalue weighted by Crippen LogP contribution is -2.61. The molecular weight excluding hydrogens is 666 g/mol. The Morgan fingerprint density at radius 2 is 1.54 bits per heavy atom. The van der Waals surface area contributed by atoms with Crippen LogP contribution in [0, 0.1) is 17.8 Å². The third-order valence-electron chi connectivity index (χ3n) is 10.7. The lowest BCUT2D eigenvalue weighted by molar-refractivity contribution is -0.149. The van der Waals surface area contributed by atoms with E-state index in [0.29, 0.717) is 24.9 Å². The molecule has 1 aromatic rings. The standard InChI is InChI=1S/C39H67N5O8/c1-13-24(4)34(43(10)39(50)32(27(7)45)41-38(49)33(23(2)3)42(8)9)30(51-11)22-31(46)44-21-17-20-29(44)36(52-12)25(5)37(48)40-26(6)35(47)28-18-15-14-16-19-28/h14-16,18-19,23-27,29-30,32-36,45,47H,13,17,20-22H2,1-12H3,(H,40,48)(H,41,49)/t24-,25+,26+,27+,29?,30+,32-,33?,34-,35+,36+/m0/s1. The minimum absolute atomic E-state index is 0.0291. The molecule has 11 atom stereocenters. The molecule has 1 aromatic carbocycles. The van der Waals surface area contributed by atoms with E-state index < -0.39 is 60.4 Å². The molecule has 296 valence electrons. The van der Waals surface area contributed by atoms with Crippen molar-refractivity contribution >= 4 is 23.6 Å². The molecule has 0 aromatic heterocycles. The van der Waals surface area contributed by atoms with Crippen LogP contribution in [-0.2, 0) is 28.7 Å². The summed E-state index contributed by atoms with van der Waals surface area (Å²) in [6, 6.07) is 5.96. The average Bonchev–Trinajstić information content (AvgIpc) is 3.59. The summed E-state index contributed by atoms with van der Waals surface area (Å²) >= 11 is 0. The van der Waals surface area contributed by atoms with E-state index in [4.69, 9.17) is 9.47 Å². The number of carbonyl (C=O) groups is 4. The maximum absolute atomic E-state index is 14.1. The van der Waals surface area contributed by atoms with Crippen LogP contribution in [0.5, 0.6) is 0 Å². The highest BCUT2D eigenvalue weighted by atomic mass is 16.5. The molecule has 1 saturated heterocycles. The first-order chi connectivity index (χ1) is 24.4. The van der Waals surface area contributed by atoms with Gasteiger partial charge < -0.3 is 40.1 Å². The van der Waals surface area contributed by atoms with Crippen LogP contribution in [0.25, 0.3) is 0 Å². The number of likely N-dealkylation sites (tertiary alicyclic amines) is 1. The predicted octanol–water partition coefficient (Wildman–Crippen LogP) is 2.60. The molecule has 0 spiro atoms. The lowest BCUT2D eigenvalue weighted by Gasteiger charge is -2.41. The van der Waals surface area contributed by atoms with Gasteiger partial charge in [-0.1, -0.05) is 71.4 Å². The van der Waals surface area contributed by atoms with Gasteiger partial charge in [0, 0.05) is 27.8 Å². The van der Waals surface area contributed by atoms with Crippen LogP contribution >= 0.6 is 0 Å². The van der Waals surface area contributed by atoms with Gasteiger partial charge in [0.05, 0.1) is 60.9 Å². The summed E-state index contributed by atoms with van der Waals surface area (Å²) in [5.74, 6) is -2.06. The number of aliphatic hydroxyl groups is 2. The predicted molar refractivity (Wildman–Crippen MR) is 201 cm³/mol. The fraction of sp³-hybridized carbons (Fsp3) is 0.744. The molecule has 1 heterocycles. The Balaban J connectivity index is 2.25. The number of hydrogen-bond acceptors (Lipinski definition) is 9. The quantitative estimate of drug-likeness (QED) is 0.158. The number of nitrogens with one attached hydrogen (secondary N) is 2. The molecule has 1 fully saturated rings. The Labute approximate surface area is 311 Å². The molecule has 1 aliphatic rings. The summed E-state index contributed by atoms with van der Waals surface area (Å²) < 4.78 is 11.8. The van der Waals surface area contributed by atoms with Gasteiger partial charge >= 0.3 is 0 Å². The number of carbonyl (C=O) groups excluding carboxylic acids is 4. The van der Waals surface area contributed by atoms with E-state index in [1.807, 2.05) is 45.9 Å². The second-order valence-electron chi connectivity index (χ2n) is 15.1. The third-order valence-corrected chi connectivity index (χ3v) is 10.7. The lowest BCUT2D eigenvalue weighted by atomic mass is 9.89. The van der Waals surface area contributed by atoms with E-state index in [2.05, 4.69) is 10.6 Å². The summed E-state index contributed by atoms with van der Waals surface area (Å²) in [6.07, 6.45) is -1.33. The SMILES string of the molecule is CC[C@H](C)[C@@H]([C@@H](CC(=O)N1CCCC1[C@H](OC)[C@@H](C)C(=O)N[C@H](C)[C@@H](O)c1ccccc1)OC)N(C)C(=O)[C@@H](NC(=O)C(C(C)C)N(C)C)[C@@H](C)O. The normalized spacial score (nSPS) is 20.6. The molecule has 0 bridgehead atoms. The second kappa shape index (κ2) is 21.0. The van der Waals surface area contributed by atoms with Crippen LogP contribution in [0.2, 0.25) is 0 Å². The van der Waals surface area contributed by atoms with Crippen LogP contribution in [0.3, 0.4) is 0 Å². The van der Waals surface area contributed by atoms with Gasteiger partial charge in [-0.15, -0.1) is 0 Å². The summed E-state index contributed by atoms with van der Waals surface area (Å²) in [5, 5.41) is 27.2. The average molecular weight is 734 g/mol. The van der Waals surface area contributed by atoms with Gasteiger partial charge in [-0.25, -0.2) is 0 Å². The molecule has 2 unspecified atom stereocenters. The number of methoxy groups -OCH3 is 2. The van der Waals surface area contributed by atoms with Gasteiger partial charge in [-0.3, -0.25) is 24.1 Å². The van der Waals surface area contributed by atoms with E-state index in [-0.39, 0.29) is 42.0 Å². The summed E-state index contributed by atoms with van der Waals surface area (Å²) in [6.45, 7) is 13.3. The van der Waals surface area contributed by atoms with E-state index in [9.17, 15) is 29.4 Å². The molecule has 0 radical (unpaired) electrons. The van der Waals surface area contributed by atoms with Crippen LogP contribution in [0.1, 0.15) is 85.8 Å². The number of rotatable bonds is 20. The first kappa shape index (κ1) is 45.1. The van der Waals surface area contributed by atoms with Crippen molar-refractivity contribution in [2.24, 2.45) is 17.8 Å².